The number of fused-ring (bicyclic) bond motifs is 1. The van der Waals surface area contributed by atoms with E-state index in [-0.39, 0.29) is 17.7 Å². The highest BCUT2D eigenvalue weighted by Gasteiger charge is 2.54. The summed E-state index contributed by atoms with van der Waals surface area (Å²) < 4.78 is 2.10. The Morgan fingerprint density at radius 3 is 2.89 bits per heavy atom. The number of nitrogens with one attached hydrogen (secondary N) is 3. The monoisotopic (exact) mass is 368 g/mol. The molecule has 1 aliphatic carbocycles. The Kier molecular flexibility index (Phi) is 4.37. The van der Waals surface area contributed by atoms with E-state index in [1.807, 2.05) is 30.5 Å². The van der Waals surface area contributed by atoms with Crippen molar-refractivity contribution in [2.45, 2.75) is 44.7 Å². The van der Waals surface area contributed by atoms with Crippen molar-refractivity contribution < 1.29 is 14.4 Å². The van der Waals surface area contributed by atoms with E-state index >= 15 is 0 Å². The van der Waals surface area contributed by atoms with Crippen molar-refractivity contribution >= 4 is 28.7 Å². The van der Waals surface area contributed by atoms with E-state index in [0.717, 1.165) is 36.7 Å². The number of para-hydroxylation sites is 1. The maximum Gasteiger partial charge on any atom is 0.322 e. The lowest BCUT2D eigenvalue weighted by Gasteiger charge is -2.28. The van der Waals surface area contributed by atoms with Crippen LogP contribution in [0.25, 0.3) is 10.9 Å². The zero-order chi connectivity index (χ0) is 19.0. The van der Waals surface area contributed by atoms with Gasteiger partial charge in [0.2, 0.25) is 0 Å². The summed E-state index contributed by atoms with van der Waals surface area (Å²) in [6.45, 7) is 3.32. The molecule has 1 aromatic heterocycles. The van der Waals surface area contributed by atoms with Gasteiger partial charge >= 0.3 is 6.03 Å². The summed E-state index contributed by atoms with van der Waals surface area (Å²) in [5, 5.41) is 9.04. The van der Waals surface area contributed by atoms with E-state index in [4.69, 9.17) is 0 Å². The van der Waals surface area contributed by atoms with Crippen LogP contribution < -0.4 is 16.0 Å². The van der Waals surface area contributed by atoms with Crippen molar-refractivity contribution in [1.29, 1.82) is 0 Å². The first kappa shape index (κ1) is 17.6. The normalized spacial score (nSPS) is 24.4. The largest absolute Gasteiger partial charge is 0.352 e. The molecule has 4 amide bonds. The van der Waals surface area contributed by atoms with Gasteiger partial charge in [0.05, 0.1) is 5.56 Å². The topological polar surface area (TPSA) is 92.2 Å². The van der Waals surface area contributed by atoms with Gasteiger partial charge in [0.15, 0.2) is 0 Å². The highest BCUT2D eigenvalue weighted by atomic mass is 16.2. The molecule has 2 aromatic rings. The Balaban J connectivity index is 1.53. The third-order valence-corrected chi connectivity index (χ3v) is 5.80. The van der Waals surface area contributed by atoms with E-state index in [1.165, 1.54) is 0 Å². The Morgan fingerprint density at radius 1 is 1.33 bits per heavy atom. The van der Waals surface area contributed by atoms with Crippen molar-refractivity contribution in [2.75, 3.05) is 6.54 Å². The van der Waals surface area contributed by atoms with Crippen LogP contribution >= 0.6 is 0 Å². The van der Waals surface area contributed by atoms with Crippen LogP contribution in [-0.2, 0) is 11.3 Å². The first-order valence-electron chi connectivity index (χ1n) is 9.55. The van der Waals surface area contributed by atoms with Crippen LogP contribution in [0.3, 0.4) is 0 Å². The molecule has 3 N–H and O–H groups in total. The Labute approximate surface area is 157 Å². The molecule has 0 unspecified atom stereocenters. The molecule has 1 saturated heterocycles. The standard InChI is InChI=1S/C20H24N4O3/c1-2-10-24-12-15(14-7-3-4-8-16(14)24)17(25)21-11-13-6-5-9-20(13)18(26)22-19(27)23-20/h3-4,7-8,12-13H,2,5-6,9-11H2,1H3,(H,21,25)(H2,22,23,26,27)/t13-,20-/m1/s1. The molecule has 2 fully saturated rings. The molecular formula is C20H24N4O3. The number of carbonyl (C=O) groups is 3. The molecule has 7 heteroatoms. The molecule has 142 valence electrons. The van der Waals surface area contributed by atoms with Gasteiger partial charge < -0.3 is 15.2 Å². The second-order valence-corrected chi connectivity index (χ2v) is 7.43. The number of aromatic nitrogens is 1. The van der Waals surface area contributed by atoms with Crippen LogP contribution in [-0.4, -0.2) is 34.5 Å². The van der Waals surface area contributed by atoms with Crippen molar-refractivity contribution in [2.24, 2.45) is 5.92 Å². The maximum atomic E-state index is 12.9. The molecule has 1 spiro atoms. The van der Waals surface area contributed by atoms with Gasteiger partial charge in [-0.05, 0) is 25.3 Å². The number of urea groups is 1. The number of aryl methyl sites for hydroxylation is 1. The summed E-state index contributed by atoms with van der Waals surface area (Å²) >= 11 is 0. The van der Waals surface area contributed by atoms with Crippen LogP contribution in [0.1, 0.15) is 43.0 Å². The Morgan fingerprint density at radius 2 is 2.15 bits per heavy atom. The molecule has 7 nitrogen and oxygen atoms in total. The predicted molar refractivity (Wildman–Crippen MR) is 101 cm³/mol. The van der Waals surface area contributed by atoms with Gasteiger partial charge in [0.25, 0.3) is 11.8 Å². The predicted octanol–water partition coefficient (Wildman–Crippen LogP) is 2.16. The van der Waals surface area contributed by atoms with Crippen molar-refractivity contribution in [3.05, 3.63) is 36.0 Å². The van der Waals surface area contributed by atoms with Gasteiger partial charge in [-0.3, -0.25) is 14.9 Å². The Bertz CT molecular complexity index is 919. The zero-order valence-electron chi connectivity index (χ0n) is 15.4. The fourth-order valence-electron chi connectivity index (χ4n) is 4.49. The van der Waals surface area contributed by atoms with Crippen LogP contribution in [0.5, 0.6) is 0 Å². The molecule has 2 heterocycles. The van der Waals surface area contributed by atoms with Gasteiger partial charge in [-0.1, -0.05) is 31.5 Å². The van der Waals surface area contributed by atoms with Crippen molar-refractivity contribution in [3.8, 4) is 0 Å². The van der Waals surface area contributed by atoms with Gasteiger partial charge in [0, 0.05) is 36.1 Å². The minimum Gasteiger partial charge on any atom is -0.352 e. The molecule has 1 aromatic carbocycles. The molecule has 0 radical (unpaired) electrons. The lowest BCUT2D eigenvalue weighted by Crippen LogP contribution is -2.53. The number of hydrogen-bond donors (Lipinski definition) is 3. The molecule has 4 rings (SSSR count). The molecular weight excluding hydrogens is 344 g/mol. The first-order valence-corrected chi connectivity index (χ1v) is 9.55. The fourth-order valence-corrected chi connectivity index (χ4v) is 4.49. The quantitative estimate of drug-likeness (QED) is 0.706. The molecule has 1 aliphatic heterocycles. The summed E-state index contributed by atoms with van der Waals surface area (Å²) in [6, 6.07) is 7.44. The van der Waals surface area contributed by atoms with Gasteiger partial charge in [-0.25, -0.2) is 4.79 Å². The summed E-state index contributed by atoms with van der Waals surface area (Å²) in [7, 11) is 0. The number of imide groups is 1. The Hall–Kier alpha value is -2.83. The number of amides is 4. The first-order chi connectivity index (χ1) is 13.0. The summed E-state index contributed by atoms with van der Waals surface area (Å²) in [6.07, 6.45) is 5.15. The average molecular weight is 368 g/mol. The number of carbonyl (C=O) groups excluding carboxylic acids is 3. The number of benzene rings is 1. The molecule has 27 heavy (non-hydrogen) atoms. The van der Waals surface area contributed by atoms with Crippen molar-refractivity contribution in [3.63, 3.8) is 0 Å². The molecule has 2 aliphatic rings. The minimum atomic E-state index is -0.874. The fraction of sp³-hybridized carbons (Fsp3) is 0.450. The van der Waals surface area contributed by atoms with Gasteiger partial charge in [0.1, 0.15) is 5.54 Å². The van der Waals surface area contributed by atoms with Crippen LogP contribution in [0.2, 0.25) is 0 Å². The number of hydrogen-bond acceptors (Lipinski definition) is 3. The number of nitrogens with zero attached hydrogens (tertiary/aromatic N) is 1. The van der Waals surface area contributed by atoms with Crippen LogP contribution in [0.4, 0.5) is 4.79 Å². The average Bonchev–Trinajstić information content (AvgIpc) is 3.31. The highest BCUT2D eigenvalue weighted by Crippen LogP contribution is 2.37. The van der Waals surface area contributed by atoms with E-state index in [2.05, 4.69) is 27.4 Å². The van der Waals surface area contributed by atoms with E-state index in [9.17, 15) is 14.4 Å². The minimum absolute atomic E-state index is 0.100. The highest BCUT2D eigenvalue weighted by molar-refractivity contribution is 6.08. The third-order valence-electron chi connectivity index (χ3n) is 5.80. The SMILES string of the molecule is CCCn1cc(C(=O)NC[C@H]2CCC[C@@]23NC(=O)NC3=O)c2ccccc21. The third kappa shape index (κ3) is 2.87. The summed E-state index contributed by atoms with van der Waals surface area (Å²) in [4.78, 5) is 36.7. The zero-order valence-corrected chi connectivity index (χ0v) is 15.4. The van der Waals surface area contributed by atoms with E-state index in [1.54, 1.807) is 0 Å². The van der Waals surface area contributed by atoms with Crippen LogP contribution in [0, 0.1) is 5.92 Å². The summed E-state index contributed by atoms with van der Waals surface area (Å²) in [5.74, 6) is -0.520. The summed E-state index contributed by atoms with van der Waals surface area (Å²) in [5.41, 5.74) is 0.816. The lowest BCUT2D eigenvalue weighted by atomic mass is 9.87. The van der Waals surface area contributed by atoms with Crippen molar-refractivity contribution in [1.82, 2.24) is 20.5 Å². The van der Waals surface area contributed by atoms with Gasteiger partial charge in [-0.2, -0.15) is 0 Å². The smallest absolute Gasteiger partial charge is 0.322 e. The number of rotatable bonds is 5. The molecule has 2 atom stereocenters. The van der Waals surface area contributed by atoms with Gasteiger partial charge in [-0.15, -0.1) is 0 Å². The van der Waals surface area contributed by atoms with E-state index < -0.39 is 11.6 Å². The molecule has 0 bridgehead atoms. The second kappa shape index (κ2) is 6.72. The van der Waals surface area contributed by atoms with Crippen LogP contribution in [0.15, 0.2) is 30.5 Å². The van der Waals surface area contributed by atoms with E-state index in [0.29, 0.717) is 18.5 Å². The molecule has 1 saturated carbocycles. The second-order valence-electron chi connectivity index (χ2n) is 7.43. The lowest BCUT2D eigenvalue weighted by molar-refractivity contribution is -0.125. The maximum absolute atomic E-state index is 12.9.